The van der Waals surface area contributed by atoms with Gasteiger partial charge in [0, 0.05) is 6.42 Å². The van der Waals surface area contributed by atoms with Crippen LogP contribution >= 0.6 is 11.3 Å². The van der Waals surface area contributed by atoms with Crippen molar-refractivity contribution in [3.8, 4) is 0 Å². The van der Waals surface area contributed by atoms with Crippen LogP contribution in [-0.2, 0) is 6.42 Å². The molecule has 104 valence electrons. The molecular formula is C16H23NOS. The first-order chi connectivity index (χ1) is 8.86. The molecule has 0 saturated heterocycles. The molecule has 3 heteroatoms. The first-order valence-corrected chi connectivity index (χ1v) is 7.70. The standard InChI is InChI=1S/C16H23NOS/c1-11(16(2,3)4)9-12(18)10-15-17-13-7-5-6-8-14(13)19-15/h5-8,11-12,18H,9-10H2,1-4H3. The molecule has 0 aliphatic heterocycles. The zero-order chi connectivity index (χ0) is 14.0. The Labute approximate surface area is 119 Å². The van der Waals surface area contributed by atoms with E-state index in [4.69, 9.17) is 0 Å². The van der Waals surface area contributed by atoms with Gasteiger partial charge in [-0.3, -0.25) is 0 Å². The second kappa shape index (κ2) is 5.59. The van der Waals surface area contributed by atoms with Gasteiger partial charge in [0.2, 0.25) is 0 Å². The van der Waals surface area contributed by atoms with Crippen molar-refractivity contribution < 1.29 is 5.11 Å². The van der Waals surface area contributed by atoms with E-state index in [9.17, 15) is 5.11 Å². The van der Waals surface area contributed by atoms with E-state index in [1.54, 1.807) is 11.3 Å². The largest absolute Gasteiger partial charge is 0.393 e. The van der Waals surface area contributed by atoms with Crippen molar-refractivity contribution in [1.29, 1.82) is 0 Å². The van der Waals surface area contributed by atoms with Crippen LogP contribution in [0.3, 0.4) is 0 Å². The summed E-state index contributed by atoms with van der Waals surface area (Å²) < 4.78 is 1.20. The number of benzene rings is 1. The number of rotatable bonds is 4. The van der Waals surface area contributed by atoms with E-state index in [0.29, 0.717) is 12.3 Å². The minimum absolute atomic E-state index is 0.245. The van der Waals surface area contributed by atoms with Gasteiger partial charge >= 0.3 is 0 Å². The second-order valence-electron chi connectivity index (χ2n) is 6.44. The molecule has 0 bridgehead atoms. The number of aliphatic hydroxyl groups is 1. The normalized spacial score (nSPS) is 15.6. The Morgan fingerprint density at radius 3 is 2.58 bits per heavy atom. The summed E-state index contributed by atoms with van der Waals surface area (Å²) in [6.07, 6.45) is 1.20. The van der Waals surface area contributed by atoms with Crippen LogP contribution in [0.2, 0.25) is 0 Å². The molecule has 2 unspecified atom stereocenters. The molecule has 1 aromatic heterocycles. The number of hydrogen-bond acceptors (Lipinski definition) is 3. The molecule has 0 amide bonds. The molecule has 0 aliphatic carbocycles. The number of aliphatic hydroxyl groups excluding tert-OH is 1. The summed E-state index contributed by atoms with van der Waals surface area (Å²) in [6, 6.07) is 8.15. The van der Waals surface area contributed by atoms with E-state index in [1.807, 2.05) is 18.2 Å². The average Bonchev–Trinajstić information content (AvgIpc) is 2.69. The van der Waals surface area contributed by atoms with Gasteiger partial charge in [-0.05, 0) is 29.9 Å². The highest BCUT2D eigenvalue weighted by atomic mass is 32.1. The number of aromatic nitrogens is 1. The van der Waals surface area contributed by atoms with Crippen molar-refractivity contribution in [2.45, 2.75) is 46.6 Å². The SMILES string of the molecule is CC(CC(O)Cc1nc2ccccc2s1)C(C)(C)C. The lowest BCUT2D eigenvalue weighted by molar-refractivity contribution is 0.110. The quantitative estimate of drug-likeness (QED) is 0.905. The molecule has 1 N–H and O–H groups in total. The fourth-order valence-corrected chi connectivity index (χ4v) is 3.09. The first-order valence-electron chi connectivity index (χ1n) is 6.89. The number of fused-ring (bicyclic) bond motifs is 1. The maximum Gasteiger partial charge on any atom is 0.0964 e. The highest BCUT2D eigenvalue weighted by Crippen LogP contribution is 2.30. The van der Waals surface area contributed by atoms with E-state index < -0.39 is 0 Å². The van der Waals surface area contributed by atoms with E-state index in [2.05, 4.69) is 38.7 Å². The van der Waals surface area contributed by atoms with Crippen LogP contribution in [0.15, 0.2) is 24.3 Å². The van der Waals surface area contributed by atoms with E-state index >= 15 is 0 Å². The van der Waals surface area contributed by atoms with Gasteiger partial charge in [-0.25, -0.2) is 4.98 Å². The zero-order valence-electron chi connectivity index (χ0n) is 12.2. The summed E-state index contributed by atoms with van der Waals surface area (Å²) in [5.74, 6) is 0.497. The molecule has 0 fully saturated rings. The molecule has 0 radical (unpaired) electrons. The van der Waals surface area contributed by atoms with E-state index in [-0.39, 0.29) is 11.5 Å². The van der Waals surface area contributed by atoms with Crippen molar-refractivity contribution in [1.82, 2.24) is 4.98 Å². The minimum atomic E-state index is -0.296. The van der Waals surface area contributed by atoms with Crippen molar-refractivity contribution in [3.63, 3.8) is 0 Å². The molecular weight excluding hydrogens is 254 g/mol. The summed E-state index contributed by atoms with van der Waals surface area (Å²) in [7, 11) is 0. The Morgan fingerprint density at radius 1 is 1.26 bits per heavy atom. The van der Waals surface area contributed by atoms with Crippen LogP contribution in [0.25, 0.3) is 10.2 Å². The molecule has 2 nitrogen and oxygen atoms in total. The molecule has 2 aromatic rings. The number of nitrogens with zero attached hydrogens (tertiary/aromatic N) is 1. The Bertz CT molecular complexity index is 508. The van der Waals surface area contributed by atoms with Crippen molar-refractivity contribution >= 4 is 21.6 Å². The van der Waals surface area contributed by atoms with E-state index in [1.165, 1.54) is 4.70 Å². The number of para-hydroxylation sites is 1. The fraction of sp³-hybridized carbons (Fsp3) is 0.562. The lowest BCUT2D eigenvalue weighted by Crippen LogP contribution is -2.24. The van der Waals surface area contributed by atoms with Crippen molar-refractivity contribution in [2.75, 3.05) is 0 Å². The summed E-state index contributed by atoms with van der Waals surface area (Å²) >= 11 is 1.69. The molecule has 2 rings (SSSR count). The average molecular weight is 277 g/mol. The van der Waals surface area contributed by atoms with Crippen LogP contribution in [0.5, 0.6) is 0 Å². The summed E-state index contributed by atoms with van der Waals surface area (Å²) in [5, 5.41) is 11.3. The summed E-state index contributed by atoms with van der Waals surface area (Å²) in [4.78, 5) is 4.58. The molecule has 0 aliphatic rings. The molecule has 1 aromatic carbocycles. The molecule has 19 heavy (non-hydrogen) atoms. The van der Waals surface area contributed by atoms with Gasteiger partial charge in [0.05, 0.1) is 21.3 Å². The highest BCUT2D eigenvalue weighted by Gasteiger charge is 2.23. The third kappa shape index (κ3) is 3.77. The second-order valence-corrected chi connectivity index (χ2v) is 7.55. The van der Waals surface area contributed by atoms with Crippen LogP contribution in [-0.4, -0.2) is 16.2 Å². The topological polar surface area (TPSA) is 33.1 Å². The zero-order valence-corrected chi connectivity index (χ0v) is 13.0. The lowest BCUT2D eigenvalue weighted by atomic mass is 9.78. The Kier molecular flexibility index (Phi) is 4.26. The number of hydrogen-bond donors (Lipinski definition) is 1. The van der Waals surface area contributed by atoms with Gasteiger partial charge in [-0.1, -0.05) is 39.8 Å². The van der Waals surface area contributed by atoms with Gasteiger partial charge in [0.15, 0.2) is 0 Å². The number of thiazole rings is 1. The summed E-state index contributed by atoms with van der Waals surface area (Å²) in [5.41, 5.74) is 1.28. The minimum Gasteiger partial charge on any atom is -0.393 e. The van der Waals surface area contributed by atoms with Gasteiger partial charge in [0.25, 0.3) is 0 Å². The monoisotopic (exact) mass is 277 g/mol. The van der Waals surface area contributed by atoms with Crippen LogP contribution in [0.1, 0.15) is 39.1 Å². The van der Waals surface area contributed by atoms with Gasteiger partial charge < -0.3 is 5.11 Å². The third-order valence-corrected chi connectivity index (χ3v) is 4.91. The van der Waals surface area contributed by atoms with Crippen molar-refractivity contribution in [3.05, 3.63) is 29.3 Å². The predicted molar refractivity (Wildman–Crippen MR) is 82.6 cm³/mol. The van der Waals surface area contributed by atoms with Crippen LogP contribution < -0.4 is 0 Å². The first kappa shape index (κ1) is 14.5. The third-order valence-electron chi connectivity index (χ3n) is 3.85. The molecule has 0 saturated carbocycles. The molecule has 2 atom stereocenters. The van der Waals surface area contributed by atoms with Gasteiger partial charge in [-0.2, -0.15) is 0 Å². The fourth-order valence-electron chi connectivity index (χ4n) is 2.05. The van der Waals surface area contributed by atoms with E-state index in [0.717, 1.165) is 16.9 Å². The Hall–Kier alpha value is -0.930. The molecule has 0 spiro atoms. The Morgan fingerprint density at radius 2 is 1.95 bits per heavy atom. The Balaban J connectivity index is 2.00. The maximum atomic E-state index is 10.2. The summed E-state index contributed by atoms with van der Waals surface area (Å²) in [6.45, 7) is 8.88. The van der Waals surface area contributed by atoms with Crippen LogP contribution in [0.4, 0.5) is 0 Å². The smallest absolute Gasteiger partial charge is 0.0964 e. The maximum absolute atomic E-state index is 10.2. The van der Waals surface area contributed by atoms with Gasteiger partial charge in [-0.15, -0.1) is 11.3 Å². The van der Waals surface area contributed by atoms with Crippen LogP contribution in [0, 0.1) is 11.3 Å². The predicted octanol–water partition coefficient (Wildman–Crippen LogP) is 4.27. The van der Waals surface area contributed by atoms with Crippen molar-refractivity contribution in [2.24, 2.45) is 11.3 Å². The lowest BCUT2D eigenvalue weighted by Gasteiger charge is -2.28. The highest BCUT2D eigenvalue weighted by molar-refractivity contribution is 7.18. The van der Waals surface area contributed by atoms with Gasteiger partial charge in [0.1, 0.15) is 0 Å². The molecule has 1 heterocycles.